The summed E-state index contributed by atoms with van der Waals surface area (Å²) in [6.45, 7) is 0.880. The lowest BCUT2D eigenvalue weighted by atomic mass is 10.0. The molecule has 0 bridgehead atoms. The predicted octanol–water partition coefficient (Wildman–Crippen LogP) is 1.97. The van der Waals surface area contributed by atoms with Crippen molar-refractivity contribution in [2.45, 2.75) is 31.8 Å². The van der Waals surface area contributed by atoms with Gasteiger partial charge in [-0.1, -0.05) is 24.3 Å². The van der Waals surface area contributed by atoms with Gasteiger partial charge in [0.2, 0.25) is 5.95 Å². The fourth-order valence-corrected chi connectivity index (χ4v) is 4.89. The maximum Gasteiger partial charge on any atom is 0.335 e. The molecule has 0 atom stereocenters. The number of carbonyl (C=O) groups excluding carboxylic acids is 1. The zero-order valence-electron chi connectivity index (χ0n) is 20.8. The number of hydrogen-bond acceptors (Lipinski definition) is 8. The monoisotopic (exact) mass is 514 g/mol. The van der Waals surface area contributed by atoms with Crippen LogP contribution in [-0.2, 0) is 19.4 Å². The molecule has 11 nitrogen and oxygen atoms in total. The van der Waals surface area contributed by atoms with Gasteiger partial charge in [0.1, 0.15) is 0 Å². The van der Waals surface area contributed by atoms with Crippen LogP contribution in [0.1, 0.15) is 33.5 Å². The van der Waals surface area contributed by atoms with Crippen molar-refractivity contribution in [1.29, 1.82) is 0 Å². The highest BCUT2D eigenvalue weighted by atomic mass is 16.4. The van der Waals surface area contributed by atoms with E-state index in [0.29, 0.717) is 41.3 Å². The molecule has 0 unspecified atom stereocenters. The van der Waals surface area contributed by atoms with Crippen LogP contribution < -0.4 is 27.6 Å². The highest BCUT2D eigenvalue weighted by Crippen LogP contribution is 2.25. The van der Waals surface area contributed by atoms with Crippen LogP contribution in [0.3, 0.4) is 0 Å². The van der Waals surface area contributed by atoms with Gasteiger partial charge in [-0.25, -0.2) is 19.6 Å². The third-order valence-electron chi connectivity index (χ3n) is 6.89. The Labute approximate surface area is 219 Å². The number of nitrogens with one attached hydrogen (secondary N) is 3. The summed E-state index contributed by atoms with van der Waals surface area (Å²) >= 11 is 0. The van der Waals surface area contributed by atoms with Crippen LogP contribution in [-0.4, -0.2) is 51.1 Å². The van der Waals surface area contributed by atoms with E-state index in [2.05, 4.69) is 38.2 Å². The molecule has 2 aliphatic rings. The van der Waals surface area contributed by atoms with Crippen LogP contribution in [0.4, 0.5) is 10.7 Å². The zero-order chi connectivity index (χ0) is 26.6. The van der Waals surface area contributed by atoms with Crippen molar-refractivity contribution >= 4 is 17.9 Å². The molecule has 2 amide bonds. The van der Waals surface area contributed by atoms with Crippen molar-refractivity contribution in [3.05, 3.63) is 88.5 Å². The Hall–Kier alpha value is -4.64. The molecule has 8 N–H and O–H groups in total. The Morgan fingerprint density at radius 2 is 1.76 bits per heavy atom. The number of nitrogens with zero attached hydrogens (tertiary/aromatic N) is 3. The van der Waals surface area contributed by atoms with Crippen molar-refractivity contribution in [3.8, 4) is 11.1 Å². The summed E-state index contributed by atoms with van der Waals surface area (Å²) in [6.07, 6.45) is 5.72. The summed E-state index contributed by atoms with van der Waals surface area (Å²) in [5, 5.41) is 15.9. The molecule has 1 aliphatic carbocycles. The van der Waals surface area contributed by atoms with Crippen molar-refractivity contribution in [2.24, 2.45) is 11.6 Å². The van der Waals surface area contributed by atoms with Crippen molar-refractivity contribution in [3.63, 3.8) is 0 Å². The smallest absolute Gasteiger partial charge is 0.335 e. The lowest BCUT2D eigenvalue weighted by molar-refractivity contribution is 0.0696. The summed E-state index contributed by atoms with van der Waals surface area (Å²) < 4.78 is 0. The average molecular weight is 515 g/mol. The van der Waals surface area contributed by atoms with Gasteiger partial charge in [0.05, 0.1) is 12.1 Å². The van der Waals surface area contributed by atoms with Gasteiger partial charge in [-0.05, 0) is 53.3 Å². The number of benzene rings is 2. The van der Waals surface area contributed by atoms with Gasteiger partial charge in [0, 0.05) is 54.9 Å². The van der Waals surface area contributed by atoms with E-state index in [9.17, 15) is 14.7 Å². The average Bonchev–Trinajstić information content (AvgIpc) is 3.34. The van der Waals surface area contributed by atoms with E-state index in [-0.39, 0.29) is 30.7 Å². The summed E-state index contributed by atoms with van der Waals surface area (Å²) in [5.41, 5.74) is 14.5. The van der Waals surface area contributed by atoms with Gasteiger partial charge >= 0.3 is 12.0 Å². The lowest BCUT2D eigenvalue weighted by Crippen LogP contribution is -2.46. The topological polar surface area (TPSA) is 172 Å². The molecule has 11 heteroatoms. The summed E-state index contributed by atoms with van der Waals surface area (Å²) in [4.78, 5) is 35.0. The van der Waals surface area contributed by atoms with Gasteiger partial charge in [-0.15, -0.1) is 0 Å². The first-order valence-corrected chi connectivity index (χ1v) is 12.4. The molecule has 38 heavy (non-hydrogen) atoms. The van der Waals surface area contributed by atoms with Crippen molar-refractivity contribution < 1.29 is 14.7 Å². The van der Waals surface area contributed by atoms with E-state index in [0.717, 1.165) is 18.5 Å². The SMILES string of the molecule is NNC1=C(N)CN(C(=O)NCc2cc(C(=O)O)cc(-c3cnc(NC4Cc5ccccc5C4)nc3)c2)CC1. The Balaban J connectivity index is 1.26. The van der Waals surface area contributed by atoms with Gasteiger partial charge in [-0.2, -0.15) is 0 Å². The first kappa shape index (κ1) is 25.0. The molecule has 3 aromatic rings. The third kappa shape index (κ3) is 5.52. The maximum atomic E-state index is 12.7. The molecule has 1 aromatic heterocycles. The molecular weight excluding hydrogens is 484 g/mol. The molecule has 2 heterocycles. The van der Waals surface area contributed by atoms with Crippen LogP contribution in [0.5, 0.6) is 0 Å². The zero-order valence-corrected chi connectivity index (χ0v) is 20.8. The van der Waals surface area contributed by atoms with Gasteiger partial charge in [0.15, 0.2) is 0 Å². The number of carboxylic acid groups (broad SMARTS) is 1. The summed E-state index contributed by atoms with van der Waals surface area (Å²) in [6, 6.07) is 13.3. The van der Waals surface area contributed by atoms with E-state index in [4.69, 9.17) is 11.6 Å². The number of nitrogens with two attached hydrogens (primary N) is 2. The van der Waals surface area contributed by atoms with Crippen molar-refractivity contribution in [2.75, 3.05) is 18.4 Å². The Bertz CT molecular complexity index is 1360. The standard InChI is InChI=1S/C27H30N8O3/c28-23-15-35(6-5-24(23)34-29)27(38)32-12-16-7-19(9-20(8-16)25(36)37)21-13-30-26(31-14-21)33-22-10-17-3-1-2-4-18(17)11-22/h1-4,7-9,13-14,22,34H,5-6,10-12,15,28-29H2,(H,32,38)(H,36,37)(H,30,31,33). The van der Waals surface area contributed by atoms with Gasteiger partial charge in [-0.3, -0.25) is 5.84 Å². The highest BCUT2D eigenvalue weighted by molar-refractivity contribution is 5.90. The summed E-state index contributed by atoms with van der Waals surface area (Å²) in [7, 11) is 0. The summed E-state index contributed by atoms with van der Waals surface area (Å²) in [5.74, 6) is 4.91. The van der Waals surface area contributed by atoms with E-state index < -0.39 is 5.97 Å². The van der Waals surface area contributed by atoms with E-state index >= 15 is 0 Å². The number of amides is 2. The molecule has 1 aliphatic heterocycles. The Morgan fingerprint density at radius 3 is 2.39 bits per heavy atom. The second-order valence-corrected chi connectivity index (χ2v) is 9.52. The first-order valence-electron chi connectivity index (χ1n) is 12.4. The Kier molecular flexibility index (Phi) is 7.09. The number of carboxylic acids is 1. The molecule has 196 valence electrons. The fourth-order valence-electron chi connectivity index (χ4n) is 4.89. The lowest BCUT2D eigenvalue weighted by Gasteiger charge is -2.29. The number of aromatic nitrogens is 2. The minimum atomic E-state index is -1.06. The van der Waals surface area contributed by atoms with Crippen molar-refractivity contribution in [1.82, 2.24) is 25.6 Å². The molecule has 2 aromatic carbocycles. The maximum absolute atomic E-state index is 12.7. The molecule has 0 fully saturated rings. The van der Waals surface area contributed by atoms with Crippen LogP contribution >= 0.6 is 0 Å². The third-order valence-corrected chi connectivity index (χ3v) is 6.89. The largest absolute Gasteiger partial charge is 0.478 e. The molecule has 0 radical (unpaired) electrons. The minimum absolute atomic E-state index is 0.112. The minimum Gasteiger partial charge on any atom is -0.478 e. The molecule has 0 saturated heterocycles. The number of fused-ring (bicyclic) bond motifs is 1. The fraction of sp³-hybridized carbons (Fsp3) is 0.259. The number of anilines is 1. The highest BCUT2D eigenvalue weighted by Gasteiger charge is 2.22. The van der Waals surface area contributed by atoms with Crippen LogP contribution in [0.25, 0.3) is 11.1 Å². The van der Waals surface area contributed by atoms with E-state index in [1.165, 1.54) is 11.1 Å². The first-order chi connectivity index (χ1) is 18.4. The molecule has 0 saturated carbocycles. The van der Waals surface area contributed by atoms with Crippen LogP contribution in [0, 0.1) is 0 Å². The number of urea groups is 1. The second-order valence-electron chi connectivity index (χ2n) is 9.52. The number of rotatable bonds is 7. The van der Waals surface area contributed by atoms with Gasteiger partial charge in [0.25, 0.3) is 0 Å². The molecular formula is C27H30N8O3. The van der Waals surface area contributed by atoms with E-state index in [1.807, 2.05) is 18.2 Å². The quantitative estimate of drug-likeness (QED) is 0.204. The molecule has 5 rings (SSSR count). The second kappa shape index (κ2) is 10.8. The van der Waals surface area contributed by atoms with Gasteiger partial charge < -0.3 is 31.8 Å². The molecule has 0 spiro atoms. The predicted molar refractivity (Wildman–Crippen MR) is 143 cm³/mol. The number of aromatic carboxylic acids is 1. The van der Waals surface area contributed by atoms with Crippen LogP contribution in [0.2, 0.25) is 0 Å². The van der Waals surface area contributed by atoms with E-state index in [1.54, 1.807) is 29.4 Å². The Morgan fingerprint density at radius 1 is 1.05 bits per heavy atom. The number of hydrogen-bond donors (Lipinski definition) is 6. The number of hydrazine groups is 1. The number of carbonyl (C=O) groups is 2. The normalized spacial score (nSPS) is 15.2. The van der Waals surface area contributed by atoms with Crippen LogP contribution in [0.15, 0.2) is 66.3 Å².